The molecule has 8 nitrogen and oxygen atoms in total. The summed E-state index contributed by atoms with van der Waals surface area (Å²) in [5.41, 5.74) is 13.6. The van der Waals surface area contributed by atoms with Gasteiger partial charge in [-0.1, -0.05) is 90.1 Å². The molecule has 382 valence electrons. The Morgan fingerprint density at radius 2 is 0.800 bits per heavy atom. The molecule has 75 heavy (non-hydrogen) atoms. The molecular weight excluding hydrogens is 1100 g/mol. The van der Waals surface area contributed by atoms with Gasteiger partial charge in [-0.15, -0.1) is 0 Å². The topological polar surface area (TPSA) is 63.3 Å². The third-order valence-electron chi connectivity index (χ3n) is 14.8. The van der Waals surface area contributed by atoms with Crippen LogP contribution in [0.1, 0.15) is 82.4 Å². The number of rotatable bonds is 10. The van der Waals surface area contributed by atoms with Gasteiger partial charge in [-0.2, -0.15) is 0 Å². The Hall–Kier alpha value is -6.51. The summed E-state index contributed by atoms with van der Waals surface area (Å²) in [6.07, 6.45) is -1.05. The number of para-hydroxylation sites is 4. The monoisotopic (exact) mass is 1170 g/mol. The SMILES string of the molecule is CC(C)(C)c1ccc(C(O)CC(O)c2ccc(C(C)(C)C)cc2)cc1.CN(C)B1B(N(C)C)N(c2ccc(-n3c4ccccc4c4ccccc43)cc2)[C](=[Pt])N1c1[c-]cc(-n2c3ccccc3c3ccccc32)cc1. The summed E-state index contributed by atoms with van der Waals surface area (Å²) in [6.45, 7) is 13.1. The second-order valence-electron chi connectivity index (χ2n) is 22.4. The molecule has 2 atom stereocenters. The number of hydrogen-bond donors (Lipinski definition) is 2. The molecule has 0 radical (unpaired) electrons. The molecule has 2 aromatic heterocycles. The third kappa shape index (κ3) is 10.1. The summed E-state index contributed by atoms with van der Waals surface area (Å²) in [4.78, 5) is 9.50. The van der Waals surface area contributed by atoms with E-state index in [0.29, 0.717) is 6.42 Å². The predicted molar refractivity (Wildman–Crippen MR) is 314 cm³/mol. The first-order chi connectivity index (χ1) is 35.9. The van der Waals surface area contributed by atoms with E-state index in [4.69, 9.17) is 0 Å². The molecule has 2 N–H and O–H groups in total. The number of hydrogen-bond acceptors (Lipinski definition) is 6. The van der Waals surface area contributed by atoms with Crippen LogP contribution >= 0.6 is 0 Å². The van der Waals surface area contributed by atoms with Gasteiger partial charge in [0.2, 0.25) is 0 Å². The molecule has 10 aromatic rings. The normalized spacial score (nSPS) is 14.3. The molecule has 0 bridgehead atoms. The van der Waals surface area contributed by atoms with Gasteiger partial charge in [0.1, 0.15) is 0 Å². The molecule has 3 heterocycles. The van der Waals surface area contributed by atoms with Crippen molar-refractivity contribution in [2.75, 3.05) is 37.8 Å². The fraction of sp³-hybridized carbons (Fsp3) is 0.234. The summed E-state index contributed by atoms with van der Waals surface area (Å²) < 4.78 is 5.85. The quantitative estimate of drug-likeness (QED) is 0.105. The van der Waals surface area contributed by atoms with E-state index < -0.39 is 12.2 Å². The van der Waals surface area contributed by atoms with Crippen molar-refractivity contribution < 1.29 is 29.6 Å². The van der Waals surface area contributed by atoms with Crippen molar-refractivity contribution in [3.8, 4) is 11.4 Å². The van der Waals surface area contributed by atoms with Gasteiger partial charge in [0.15, 0.2) is 0 Å². The number of aliphatic hydroxyl groups is 2. The fourth-order valence-electron chi connectivity index (χ4n) is 10.8. The van der Waals surface area contributed by atoms with Crippen molar-refractivity contribution in [3.05, 3.63) is 216 Å². The zero-order valence-electron chi connectivity index (χ0n) is 44.8. The van der Waals surface area contributed by atoms with Crippen molar-refractivity contribution in [1.29, 1.82) is 0 Å². The number of benzene rings is 8. The standard InChI is InChI=1S/C41H35B2N6.C23H32O2.Pt/c1-44(2)42-43(45(3)4)47(31-23-27-33(28-24-31)49-40-19-11-7-15-36(40)37-16-8-12-20-41(37)49)29-46(42)30-21-25-32(26-22-30)48-38-17-9-5-13-34(38)35-14-6-10-18-39(35)48;1-22(2,3)18-11-7-16(8-12-18)20(24)15-21(25)17-9-13-19(14-10-17)23(4,5)6;/h5-23,25-28H,1-4H3;7-14,20-21,24-25H,15H2,1-6H3;/q-1;;. The number of aliphatic hydroxyl groups excluding tert-OH is 2. The van der Waals surface area contributed by atoms with Crippen LogP contribution in [0.3, 0.4) is 0 Å². The molecule has 0 spiro atoms. The van der Waals surface area contributed by atoms with E-state index >= 15 is 0 Å². The molecule has 8 aromatic carbocycles. The number of fused-ring (bicyclic) bond motifs is 6. The first-order valence-electron chi connectivity index (χ1n) is 26.0. The summed E-state index contributed by atoms with van der Waals surface area (Å²) >= 11 is 2.51. The Morgan fingerprint density at radius 3 is 1.16 bits per heavy atom. The van der Waals surface area contributed by atoms with Gasteiger partial charge >= 0.3 is 306 Å². The van der Waals surface area contributed by atoms with Crippen LogP contribution in [-0.2, 0) is 30.2 Å². The van der Waals surface area contributed by atoms with Gasteiger partial charge < -0.3 is 10.2 Å². The molecule has 1 saturated heterocycles. The Kier molecular flexibility index (Phi) is 14.5. The summed E-state index contributed by atoms with van der Waals surface area (Å²) in [5.74, 6) is 0. The molecule has 1 fully saturated rings. The van der Waals surface area contributed by atoms with Crippen molar-refractivity contribution >= 4 is 72.9 Å². The molecule has 11 heteroatoms. The Labute approximate surface area is 455 Å². The molecule has 1 aliphatic rings. The van der Waals surface area contributed by atoms with Crippen molar-refractivity contribution in [1.82, 2.24) is 18.8 Å². The summed E-state index contributed by atoms with van der Waals surface area (Å²) in [6, 6.07) is 70.0. The van der Waals surface area contributed by atoms with Gasteiger partial charge in [-0.25, -0.2) is 0 Å². The Morgan fingerprint density at radius 1 is 0.453 bits per heavy atom. The summed E-state index contributed by atoms with van der Waals surface area (Å²) in [5, 5.41) is 26.0. The van der Waals surface area contributed by atoms with Gasteiger partial charge in [0.25, 0.3) is 0 Å². The van der Waals surface area contributed by atoms with Crippen LogP contribution in [0.2, 0.25) is 0 Å². The number of aromatic nitrogens is 2. The first kappa shape index (κ1) is 52.0. The van der Waals surface area contributed by atoms with Gasteiger partial charge in [-0.05, 0) is 33.1 Å². The van der Waals surface area contributed by atoms with E-state index in [9.17, 15) is 10.2 Å². The van der Waals surface area contributed by atoms with Crippen LogP contribution in [0.5, 0.6) is 0 Å². The Bertz CT molecular complexity index is 3290. The van der Waals surface area contributed by atoms with Crippen molar-refractivity contribution in [2.24, 2.45) is 0 Å². The zero-order valence-corrected chi connectivity index (χ0v) is 47.1. The van der Waals surface area contributed by atoms with Crippen LogP contribution in [0.4, 0.5) is 11.4 Å². The molecule has 0 amide bonds. The average molecular weight is 1170 g/mol. The van der Waals surface area contributed by atoms with Crippen molar-refractivity contribution in [3.63, 3.8) is 0 Å². The van der Waals surface area contributed by atoms with Crippen molar-refractivity contribution in [2.45, 2.75) is 71.0 Å². The van der Waals surface area contributed by atoms with Crippen LogP contribution in [0, 0.1) is 6.07 Å². The van der Waals surface area contributed by atoms with E-state index in [0.717, 1.165) is 38.0 Å². The van der Waals surface area contributed by atoms with Gasteiger partial charge in [-0.3, -0.25) is 0 Å². The average Bonchev–Trinajstić information content (AvgIpc) is 4.08. The molecule has 1 aliphatic heterocycles. The molecule has 2 unspecified atom stereocenters. The maximum atomic E-state index is 10.5. The molecular formula is C64H67B2N6O2Pt-. The van der Waals surface area contributed by atoms with Crippen LogP contribution in [0.15, 0.2) is 188 Å². The third-order valence-corrected chi connectivity index (χ3v) is 15.9. The minimum absolute atomic E-state index is 0.0462. The number of nitrogens with zero attached hydrogens (tertiary/aromatic N) is 6. The summed E-state index contributed by atoms with van der Waals surface area (Å²) in [7, 11) is 8.67. The van der Waals surface area contributed by atoms with Crippen LogP contribution in [-0.4, -0.2) is 75.1 Å². The van der Waals surface area contributed by atoms with Gasteiger partial charge in [0.05, 0.1) is 12.2 Å². The van der Waals surface area contributed by atoms with E-state index in [1.807, 2.05) is 24.3 Å². The number of anilines is 2. The Balaban J connectivity index is 0.000000217. The van der Waals surface area contributed by atoms with E-state index in [1.165, 1.54) is 54.7 Å². The molecule has 0 saturated carbocycles. The van der Waals surface area contributed by atoms with E-state index in [-0.39, 0.29) is 24.6 Å². The van der Waals surface area contributed by atoms with E-state index in [2.05, 4.69) is 287 Å². The van der Waals surface area contributed by atoms with Crippen LogP contribution < -0.4 is 9.62 Å². The van der Waals surface area contributed by atoms with E-state index in [1.54, 1.807) is 0 Å². The first-order valence-corrected chi connectivity index (χ1v) is 27.1. The zero-order chi connectivity index (χ0) is 52.9. The minimum atomic E-state index is -0.675. The predicted octanol–water partition coefficient (Wildman–Crippen LogP) is 13.3. The molecule has 11 rings (SSSR count). The van der Waals surface area contributed by atoms with Gasteiger partial charge in [0, 0.05) is 6.42 Å². The second kappa shape index (κ2) is 20.9. The maximum absolute atomic E-state index is 10.5. The van der Waals surface area contributed by atoms with Crippen LogP contribution in [0.25, 0.3) is 55.0 Å². The molecule has 0 aliphatic carbocycles. The fourth-order valence-corrected chi connectivity index (χ4v) is 12.0. The second-order valence-corrected chi connectivity index (χ2v) is 23.5.